The zero-order valence-corrected chi connectivity index (χ0v) is 7.81. The maximum absolute atomic E-state index is 10.8. The third kappa shape index (κ3) is 2.71. The van der Waals surface area contributed by atoms with Gasteiger partial charge in [-0.15, -0.1) is 0 Å². The van der Waals surface area contributed by atoms with Crippen molar-refractivity contribution in [2.45, 2.75) is 6.42 Å². The van der Waals surface area contributed by atoms with Crippen LogP contribution in [0, 0.1) is 0 Å². The van der Waals surface area contributed by atoms with Gasteiger partial charge in [-0.05, 0) is 24.6 Å². The first-order chi connectivity index (χ1) is 6.75. The quantitative estimate of drug-likeness (QED) is 0.762. The van der Waals surface area contributed by atoms with E-state index in [2.05, 4.69) is 0 Å². The molecule has 0 saturated carbocycles. The molecular weight excluding hydrogens is 178 g/mol. The smallest absolute Gasteiger partial charge is 0.336 e. The van der Waals surface area contributed by atoms with Gasteiger partial charge in [0.15, 0.2) is 0 Å². The highest BCUT2D eigenvalue weighted by Crippen LogP contribution is 2.10. The van der Waals surface area contributed by atoms with Crippen LogP contribution in [0.3, 0.4) is 0 Å². The lowest BCUT2D eigenvalue weighted by Crippen LogP contribution is -1.99. The Hall–Kier alpha value is -1.61. The summed E-state index contributed by atoms with van der Waals surface area (Å²) in [6, 6.07) is 6.89. The normalized spacial score (nSPS) is 10.6. The highest BCUT2D eigenvalue weighted by molar-refractivity contribution is 5.92. The van der Waals surface area contributed by atoms with Gasteiger partial charge in [0.25, 0.3) is 0 Å². The first kappa shape index (κ1) is 10.5. The molecule has 14 heavy (non-hydrogen) atoms. The van der Waals surface area contributed by atoms with E-state index in [0.717, 1.165) is 6.42 Å². The SMILES string of the molecule is NCCC=Cc1ccccc1C(=O)O. The molecule has 0 aliphatic rings. The van der Waals surface area contributed by atoms with E-state index in [-0.39, 0.29) is 0 Å². The van der Waals surface area contributed by atoms with Crippen LogP contribution in [0.4, 0.5) is 0 Å². The molecule has 0 aliphatic carbocycles. The van der Waals surface area contributed by atoms with E-state index in [0.29, 0.717) is 17.7 Å². The molecule has 3 N–H and O–H groups in total. The first-order valence-electron chi connectivity index (χ1n) is 4.44. The lowest BCUT2D eigenvalue weighted by molar-refractivity contribution is 0.0696. The van der Waals surface area contributed by atoms with Crippen LogP contribution < -0.4 is 5.73 Å². The number of aromatic carboxylic acids is 1. The molecule has 3 heteroatoms. The fourth-order valence-corrected chi connectivity index (χ4v) is 1.14. The third-order valence-corrected chi connectivity index (χ3v) is 1.82. The van der Waals surface area contributed by atoms with Gasteiger partial charge in [0.2, 0.25) is 0 Å². The van der Waals surface area contributed by atoms with Gasteiger partial charge in [-0.2, -0.15) is 0 Å². The van der Waals surface area contributed by atoms with E-state index in [9.17, 15) is 4.79 Å². The van der Waals surface area contributed by atoms with Crippen LogP contribution in [0.5, 0.6) is 0 Å². The molecule has 0 aliphatic heterocycles. The predicted octanol–water partition coefficient (Wildman–Crippen LogP) is 1.75. The highest BCUT2D eigenvalue weighted by Gasteiger charge is 2.05. The average molecular weight is 191 g/mol. The second-order valence-corrected chi connectivity index (χ2v) is 2.87. The van der Waals surface area contributed by atoms with Crippen molar-refractivity contribution in [3.8, 4) is 0 Å². The monoisotopic (exact) mass is 191 g/mol. The Kier molecular flexibility index (Phi) is 3.88. The van der Waals surface area contributed by atoms with Crippen molar-refractivity contribution in [3.63, 3.8) is 0 Å². The van der Waals surface area contributed by atoms with E-state index in [1.54, 1.807) is 24.3 Å². The maximum atomic E-state index is 10.8. The summed E-state index contributed by atoms with van der Waals surface area (Å²) in [5.41, 5.74) is 6.36. The molecule has 3 nitrogen and oxygen atoms in total. The molecule has 0 radical (unpaired) electrons. The van der Waals surface area contributed by atoms with Crippen molar-refractivity contribution < 1.29 is 9.90 Å². The molecule has 0 fully saturated rings. The molecule has 0 spiro atoms. The van der Waals surface area contributed by atoms with E-state index < -0.39 is 5.97 Å². The molecule has 0 aromatic heterocycles. The zero-order chi connectivity index (χ0) is 10.4. The topological polar surface area (TPSA) is 63.3 Å². The number of rotatable bonds is 4. The Bertz CT molecular complexity index is 345. The van der Waals surface area contributed by atoms with Crippen molar-refractivity contribution >= 4 is 12.0 Å². The fraction of sp³-hybridized carbons (Fsp3) is 0.182. The minimum absolute atomic E-state index is 0.320. The molecule has 74 valence electrons. The molecule has 0 amide bonds. The van der Waals surface area contributed by atoms with Gasteiger partial charge in [-0.3, -0.25) is 0 Å². The minimum Gasteiger partial charge on any atom is -0.478 e. The van der Waals surface area contributed by atoms with Crippen molar-refractivity contribution in [2.75, 3.05) is 6.54 Å². The number of carboxylic acid groups (broad SMARTS) is 1. The van der Waals surface area contributed by atoms with Gasteiger partial charge in [0, 0.05) is 0 Å². The third-order valence-electron chi connectivity index (χ3n) is 1.82. The van der Waals surface area contributed by atoms with Crippen LogP contribution in [0.1, 0.15) is 22.3 Å². The van der Waals surface area contributed by atoms with E-state index in [1.807, 2.05) is 12.1 Å². The number of hydrogen-bond acceptors (Lipinski definition) is 2. The molecule has 1 aromatic carbocycles. The highest BCUT2D eigenvalue weighted by atomic mass is 16.4. The summed E-state index contributed by atoms with van der Waals surface area (Å²) in [6.07, 6.45) is 4.42. The summed E-state index contributed by atoms with van der Waals surface area (Å²) < 4.78 is 0. The molecule has 1 rings (SSSR count). The van der Waals surface area contributed by atoms with Crippen molar-refractivity contribution in [2.24, 2.45) is 5.73 Å². The number of carboxylic acids is 1. The average Bonchev–Trinajstić information content (AvgIpc) is 2.19. The summed E-state index contributed by atoms with van der Waals surface area (Å²) in [7, 11) is 0. The Morgan fingerprint density at radius 3 is 2.79 bits per heavy atom. The van der Waals surface area contributed by atoms with Crippen LogP contribution >= 0.6 is 0 Å². The van der Waals surface area contributed by atoms with Crippen LogP contribution in [0.2, 0.25) is 0 Å². The van der Waals surface area contributed by atoms with Gasteiger partial charge in [0.05, 0.1) is 5.56 Å². The van der Waals surface area contributed by atoms with E-state index >= 15 is 0 Å². The molecule has 0 atom stereocenters. The summed E-state index contributed by atoms with van der Waals surface area (Å²) in [5.74, 6) is -0.905. The second kappa shape index (κ2) is 5.19. The Labute approximate surface area is 82.9 Å². The molecule has 0 heterocycles. The summed E-state index contributed by atoms with van der Waals surface area (Å²) >= 11 is 0. The Morgan fingerprint density at radius 2 is 2.14 bits per heavy atom. The number of hydrogen-bond donors (Lipinski definition) is 2. The van der Waals surface area contributed by atoms with E-state index in [1.165, 1.54) is 0 Å². The lowest BCUT2D eigenvalue weighted by Gasteiger charge is -1.99. The molecule has 0 saturated heterocycles. The number of nitrogens with two attached hydrogens (primary N) is 1. The Balaban J connectivity index is 2.90. The largest absolute Gasteiger partial charge is 0.478 e. The van der Waals surface area contributed by atoms with Crippen LogP contribution in [0.15, 0.2) is 30.3 Å². The first-order valence-corrected chi connectivity index (χ1v) is 4.44. The molecule has 0 bridgehead atoms. The van der Waals surface area contributed by atoms with Crippen molar-refractivity contribution in [1.29, 1.82) is 0 Å². The predicted molar refractivity (Wildman–Crippen MR) is 56.1 cm³/mol. The van der Waals surface area contributed by atoms with Crippen LogP contribution in [0.25, 0.3) is 6.08 Å². The summed E-state index contributed by atoms with van der Waals surface area (Å²) in [4.78, 5) is 10.8. The molecule has 0 unspecified atom stereocenters. The second-order valence-electron chi connectivity index (χ2n) is 2.87. The zero-order valence-electron chi connectivity index (χ0n) is 7.81. The van der Waals surface area contributed by atoms with Gasteiger partial charge in [-0.25, -0.2) is 4.79 Å². The summed E-state index contributed by atoms with van der Waals surface area (Å²) in [5, 5.41) is 8.86. The standard InChI is InChI=1S/C11H13NO2/c12-8-4-3-6-9-5-1-2-7-10(9)11(13)14/h1-3,5-7H,4,8,12H2,(H,13,14). The fourth-order valence-electron chi connectivity index (χ4n) is 1.14. The van der Waals surface area contributed by atoms with Gasteiger partial charge < -0.3 is 10.8 Å². The maximum Gasteiger partial charge on any atom is 0.336 e. The van der Waals surface area contributed by atoms with Gasteiger partial charge >= 0.3 is 5.97 Å². The van der Waals surface area contributed by atoms with Gasteiger partial charge in [-0.1, -0.05) is 30.4 Å². The lowest BCUT2D eigenvalue weighted by atomic mass is 10.1. The van der Waals surface area contributed by atoms with E-state index in [4.69, 9.17) is 10.8 Å². The van der Waals surface area contributed by atoms with Crippen LogP contribution in [-0.4, -0.2) is 17.6 Å². The Morgan fingerprint density at radius 1 is 1.43 bits per heavy atom. The van der Waals surface area contributed by atoms with Crippen molar-refractivity contribution in [3.05, 3.63) is 41.5 Å². The number of benzene rings is 1. The number of carbonyl (C=O) groups is 1. The van der Waals surface area contributed by atoms with Crippen molar-refractivity contribution in [1.82, 2.24) is 0 Å². The van der Waals surface area contributed by atoms with Gasteiger partial charge in [0.1, 0.15) is 0 Å². The van der Waals surface area contributed by atoms with Crippen LogP contribution in [-0.2, 0) is 0 Å². The minimum atomic E-state index is -0.905. The molecule has 1 aromatic rings. The summed E-state index contributed by atoms with van der Waals surface area (Å²) in [6.45, 7) is 0.575. The molecular formula is C11H13NO2.